The van der Waals surface area contributed by atoms with Crippen LogP contribution in [0.2, 0.25) is 0 Å². The van der Waals surface area contributed by atoms with Gasteiger partial charge in [0.05, 0.1) is 5.41 Å². The topological polar surface area (TPSA) is 66.4 Å². The van der Waals surface area contributed by atoms with Crippen molar-refractivity contribution >= 4 is 0 Å². The van der Waals surface area contributed by atoms with Crippen LogP contribution in [0.15, 0.2) is 91.0 Å². The van der Waals surface area contributed by atoms with Crippen LogP contribution in [-0.2, 0) is 29.1 Å². The molecule has 1 aliphatic rings. The first kappa shape index (κ1) is 25.5. The summed E-state index contributed by atoms with van der Waals surface area (Å²) in [5, 5.41) is 12.5. The Morgan fingerprint density at radius 3 is 1.34 bits per heavy atom. The molecule has 35 heavy (non-hydrogen) atoms. The first-order valence-corrected chi connectivity index (χ1v) is 11.7. The molecule has 6 nitrogen and oxygen atoms in total. The summed E-state index contributed by atoms with van der Waals surface area (Å²) in [6.07, 6.45) is -4.31. The Bertz CT molecular complexity index is 932. The molecular weight excluding hydrogens is 444 g/mol. The van der Waals surface area contributed by atoms with Gasteiger partial charge < -0.3 is 28.8 Å². The first-order valence-electron chi connectivity index (χ1n) is 11.7. The number of aliphatic hydroxyl groups is 1. The first-order chi connectivity index (χ1) is 17.1. The summed E-state index contributed by atoms with van der Waals surface area (Å²) >= 11 is 0. The van der Waals surface area contributed by atoms with Gasteiger partial charge >= 0.3 is 0 Å². The smallest absolute Gasteiger partial charge is 0.186 e. The molecule has 3 aromatic rings. The van der Waals surface area contributed by atoms with Gasteiger partial charge in [-0.15, -0.1) is 0 Å². The summed E-state index contributed by atoms with van der Waals surface area (Å²) in [7, 11) is 6.33. The molecule has 1 unspecified atom stereocenters. The minimum Gasteiger partial charge on any atom is -0.389 e. The lowest BCUT2D eigenvalue weighted by atomic mass is 9.63. The van der Waals surface area contributed by atoms with Gasteiger partial charge in [0.2, 0.25) is 0 Å². The van der Waals surface area contributed by atoms with Crippen LogP contribution < -0.4 is 0 Å². The van der Waals surface area contributed by atoms with E-state index >= 15 is 0 Å². The van der Waals surface area contributed by atoms with E-state index in [9.17, 15) is 5.11 Å². The van der Waals surface area contributed by atoms with E-state index in [4.69, 9.17) is 23.7 Å². The van der Waals surface area contributed by atoms with E-state index in [0.29, 0.717) is 0 Å². The van der Waals surface area contributed by atoms with Crippen LogP contribution in [0.1, 0.15) is 16.7 Å². The maximum absolute atomic E-state index is 12.5. The van der Waals surface area contributed by atoms with E-state index in [-0.39, 0.29) is 0 Å². The Hall–Kier alpha value is -2.58. The molecule has 6 heteroatoms. The van der Waals surface area contributed by atoms with Gasteiger partial charge in [0.1, 0.15) is 30.5 Å². The van der Waals surface area contributed by atoms with Crippen LogP contribution in [0, 0.1) is 0 Å². The van der Waals surface area contributed by atoms with Crippen molar-refractivity contribution in [1.29, 1.82) is 0 Å². The zero-order valence-electron chi connectivity index (χ0n) is 20.6. The monoisotopic (exact) mass is 478 g/mol. The Kier molecular flexibility index (Phi) is 8.34. The van der Waals surface area contributed by atoms with Crippen molar-refractivity contribution in [2.45, 2.75) is 42.2 Å². The molecule has 6 atom stereocenters. The second-order valence-corrected chi connectivity index (χ2v) is 8.66. The number of benzene rings is 3. The van der Waals surface area contributed by atoms with Gasteiger partial charge in [-0.25, -0.2) is 0 Å². The molecule has 0 radical (unpaired) electrons. The van der Waals surface area contributed by atoms with E-state index in [0.717, 1.165) is 16.7 Å². The molecule has 1 fully saturated rings. The van der Waals surface area contributed by atoms with Gasteiger partial charge in [0.25, 0.3) is 0 Å². The number of ether oxygens (including phenoxy) is 5. The minimum absolute atomic E-state index is 0.525. The Morgan fingerprint density at radius 2 is 1.00 bits per heavy atom. The molecule has 0 bridgehead atoms. The molecule has 1 saturated heterocycles. The highest BCUT2D eigenvalue weighted by molar-refractivity contribution is 5.52. The molecule has 0 spiro atoms. The summed E-state index contributed by atoms with van der Waals surface area (Å²) in [5.41, 5.74) is 1.82. The van der Waals surface area contributed by atoms with E-state index in [1.165, 1.54) is 0 Å². The third kappa shape index (κ3) is 4.54. The highest BCUT2D eigenvalue weighted by Gasteiger charge is 2.56. The average Bonchev–Trinajstić information content (AvgIpc) is 2.93. The number of aliphatic hydroxyl groups excluding tert-OH is 1. The molecule has 0 aromatic heterocycles. The highest BCUT2D eigenvalue weighted by Crippen LogP contribution is 2.46. The second-order valence-electron chi connectivity index (χ2n) is 8.66. The van der Waals surface area contributed by atoms with E-state index < -0.39 is 42.2 Å². The van der Waals surface area contributed by atoms with Gasteiger partial charge in [0, 0.05) is 28.4 Å². The van der Waals surface area contributed by atoms with Gasteiger partial charge in [-0.3, -0.25) is 0 Å². The largest absolute Gasteiger partial charge is 0.389 e. The number of methoxy groups -OCH3 is 4. The average molecular weight is 479 g/mol. The third-order valence-corrected chi connectivity index (χ3v) is 7.02. The Morgan fingerprint density at radius 1 is 0.600 bits per heavy atom. The summed E-state index contributed by atoms with van der Waals surface area (Å²) in [4.78, 5) is 0. The predicted molar refractivity (Wildman–Crippen MR) is 133 cm³/mol. The summed E-state index contributed by atoms with van der Waals surface area (Å²) in [6, 6.07) is 30.0. The number of hydrogen-bond acceptors (Lipinski definition) is 6. The molecule has 186 valence electrons. The van der Waals surface area contributed by atoms with Crippen molar-refractivity contribution in [3.8, 4) is 0 Å². The molecule has 0 amide bonds. The lowest BCUT2D eigenvalue weighted by molar-refractivity contribution is -0.317. The van der Waals surface area contributed by atoms with Gasteiger partial charge in [0.15, 0.2) is 6.29 Å². The SMILES string of the molecule is CO[C@@H]1O[C@@H](C(O)C(c2ccccc2)(c2ccccc2)c2ccccc2)[C@H](OC)[C@@H](OC)[C@H]1OC. The van der Waals surface area contributed by atoms with Crippen molar-refractivity contribution in [2.75, 3.05) is 28.4 Å². The van der Waals surface area contributed by atoms with Crippen molar-refractivity contribution < 1.29 is 28.8 Å². The van der Waals surface area contributed by atoms with Crippen molar-refractivity contribution in [1.82, 2.24) is 0 Å². The minimum atomic E-state index is -1.08. The lowest BCUT2D eigenvalue weighted by Gasteiger charge is -2.50. The standard InChI is InChI=1S/C29H34O6/c1-31-23-24(32-2)26(33-3)28(34-4)35-25(23)27(30)29(20-14-8-5-9-15-20,21-16-10-6-11-17-21)22-18-12-7-13-19-22/h5-19,23-28,30H,1-4H3/t23-,24-,25-,26-,27?,28-/m1/s1. The van der Waals surface area contributed by atoms with Crippen LogP contribution in [-0.4, -0.2) is 70.4 Å². The van der Waals surface area contributed by atoms with Gasteiger partial charge in [-0.2, -0.15) is 0 Å². The Balaban J connectivity index is 1.96. The molecule has 0 saturated carbocycles. The summed E-state index contributed by atoms with van der Waals surface area (Å²) in [6.45, 7) is 0. The van der Waals surface area contributed by atoms with Crippen molar-refractivity contribution in [2.24, 2.45) is 0 Å². The molecule has 4 rings (SSSR count). The normalized spacial score (nSPS) is 25.8. The third-order valence-electron chi connectivity index (χ3n) is 7.02. The van der Waals surface area contributed by atoms with Crippen LogP contribution in [0.25, 0.3) is 0 Å². The summed E-state index contributed by atoms with van der Waals surface area (Å²) < 4.78 is 29.4. The van der Waals surface area contributed by atoms with E-state index in [1.54, 1.807) is 28.4 Å². The molecule has 1 heterocycles. The molecule has 3 aromatic carbocycles. The fourth-order valence-corrected chi connectivity index (χ4v) is 5.43. The fourth-order valence-electron chi connectivity index (χ4n) is 5.43. The van der Waals surface area contributed by atoms with E-state index in [2.05, 4.69) is 0 Å². The highest BCUT2D eigenvalue weighted by atomic mass is 16.7. The number of hydrogen-bond donors (Lipinski definition) is 1. The van der Waals surface area contributed by atoms with Crippen LogP contribution >= 0.6 is 0 Å². The van der Waals surface area contributed by atoms with Crippen LogP contribution in [0.4, 0.5) is 0 Å². The lowest BCUT2D eigenvalue weighted by Crippen LogP contribution is -2.65. The fraction of sp³-hybridized carbons (Fsp3) is 0.379. The quantitative estimate of drug-likeness (QED) is 0.472. The zero-order valence-corrected chi connectivity index (χ0v) is 20.6. The second kappa shape index (κ2) is 11.4. The predicted octanol–water partition coefficient (Wildman–Crippen LogP) is 3.80. The molecule has 0 aliphatic carbocycles. The van der Waals surface area contributed by atoms with Gasteiger partial charge in [-0.1, -0.05) is 91.0 Å². The maximum Gasteiger partial charge on any atom is 0.186 e. The molecular formula is C29H34O6. The van der Waals surface area contributed by atoms with E-state index in [1.807, 2.05) is 91.0 Å². The Labute approximate surface area is 207 Å². The van der Waals surface area contributed by atoms with Gasteiger partial charge in [-0.05, 0) is 16.7 Å². The van der Waals surface area contributed by atoms with Crippen molar-refractivity contribution in [3.63, 3.8) is 0 Å². The van der Waals surface area contributed by atoms with Crippen molar-refractivity contribution in [3.05, 3.63) is 108 Å². The zero-order chi connectivity index (χ0) is 24.8. The van der Waals surface area contributed by atoms with Crippen LogP contribution in [0.5, 0.6) is 0 Å². The molecule has 1 N–H and O–H groups in total. The summed E-state index contributed by atoms with van der Waals surface area (Å²) in [5.74, 6) is 0. The van der Waals surface area contributed by atoms with Crippen LogP contribution in [0.3, 0.4) is 0 Å². The number of rotatable bonds is 9. The maximum atomic E-state index is 12.5. The molecule has 1 aliphatic heterocycles.